The quantitative estimate of drug-likeness (QED) is 0.714. The Kier molecular flexibility index (Phi) is 5.76. The van der Waals surface area contributed by atoms with Crippen molar-refractivity contribution in [1.29, 1.82) is 0 Å². The number of nitrogens with zero attached hydrogens (tertiary/aromatic N) is 1. The van der Waals surface area contributed by atoms with E-state index in [1.54, 1.807) is 0 Å². The van der Waals surface area contributed by atoms with Crippen molar-refractivity contribution in [1.82, 2.24) is 21.1 Å². The van der Waals surface area contributed by atoms with Crippen LogP contribution in [0.25, 0.3) is 0 Å². The summed E-state index contributed by atoms with van der Waals surface area (Å²) in [6.45, 7) is 8.84. The van der Waals surface area contributed by atoms with Gasteiger partial charge in [-0.25, -0.2) is 5.43 Å². The lowest BCUT2D eigenvalue weighted by Gasteiger charge is -2.29. The molecular formula is C17H30N4. The molecule has 3 N–H and O–H groups in total. The minimum Gasteiger partial charge on any atom is -0.316 e. The molecule has 0 bridgehead atoms. The van der Waals surface area contributed by atoms with Crippen molar-refractivity contribution in [2.75, 3.05) is 40.3 Å². The second kappa shape index (κ2) is 7.36. The SMILES string of the molecule is CN(C)CC(C)(C)CNCC1CNNC1c1ccccc1. The first-order valence-electron chi connectivity index (χ1n) is 7.87. The number of hydrogen-bond acceptors (Lipinski definition) is 4. The first-order chi connectivity index (χ1) is 9.98. The third-order valence-electron chi connectivity index (χ3n) is 4.01. The Morgan fingerprint density at radius 1 is 1.24 bits per heavy atom. The van der Waals surface area contributed by atoms with Crippen LogP contribution < -0.4 is 16.2 Å². The van der Waals surface area contributed by atoms with Gasteiger partial charge in [-0.15, -0.1) is 0 Å². The van der Waals surface area contributed by atoms with Gasteiger partial charge in [-0.1, -0.05) is 44.2 Å². The van der Waals surface area contributed by atoms with Gasteiger partial charge >= 0.3 is 0 Å². The lowest BCUT2D eigenvalue weighted by molar-refractivity contribution is 0.228. The van der Waals surface area contributed by atoms with E-state index in [-0.39, 0.29) is 0 Å². The fourth-order valence-electron chi connectivity index (χ4n) is 3.25. The minimum absolute atomic E-state index is 0.297. The maximum absolute atomic E-state index is 3.67. The Labute approximate surface area is 129 Å². The highest BCUT2D eigenvalue weighted by Crippen LogP contribution is 2.24. The third-order valence-corrected chi connectivity index (χ3v) is 4.01. The van der Waals surface area contributed by atoms with Gasteiger partial charge in [-0.2, -0.15) is 0 Å². The summed E-state index contributed by atoms with van der Waals surface area (Å²) in [7, 11) is 4.27. The zero-order valence-electron chi connectivity index (χ0n) is 13.8. The lowest BCUT2D eigenvalue weighted by atomic mass is 9.91. The Morgan fingerprint density at radius 2 is 1.95 bits per heavy atom. The van der Waals surface area contributed by atoms with Crippen LogP contribution >= 0.6 is 0 Å². The molecule has 4 nitrogen and oxygen atoms in total. The van der Waals surface area contributed by atoms with Gasteiger partial charge in [0, 0.05) is 32.1 Å². The molecule has 1 aliphatic rings. The molecular weight excluding hydrogens is 260 g/mol. The minimum atomic E-state index is 0.297. The predicted molar refractivity (Wildman–Crippen MR) is 89.0 cm³/mol. The van der Waals surface area contributed by atoms with Gasteiger partial charge in [0.25, 0.3) is 0 Å². The zero-order valence-corrected chi connectivity index (χ0v) is 13.8. The van der Waals surface area contributed by atoms with E-state index in [1.807, 2.05) is 0 Å². The van der Waals surface area contributed by atoms with Crippen molar-refractivity contribution in [3.63, 3.8) is 0 Å². The van der Waals surface area contributed by atoms with Gasteiger partial charge in [0.05, 0.1) is 6.04 Å². The fourth-order valence-corrected chi connectivity index (χ4v) is 3.25. The largest absolute Gasteiger partial charge is 0.316 e. The molecule has 1 aliphatic heterocycles. The van der Waals surface area contributed by atoms with Crippen LogP contribution in [-0.4, -0.2) is 45.2 Å². The van der Waals surface area contributed by atoms with Crippen molar-refractivity contribution in [3.05, 3.63) is 35.9 Å². The first kappa shape index (κ1) is 16.4. The van der Waals surface area contributed by atoms with Crippen LogP contribution in [0, 0.1) is 11.3 Å². The van der Waals surface area contributed by atoms with Gasteiger partial charge in [0.1, 0.15) is 0 Å². The van der Waals surface area contributed by atoms with Gasteiger partial charge in [0.15, 0.2) is 0 Å². The summed E-state index contributed by atoms with van der Waals surface area (Å²) in [6, 6.07) is 11.1. The molecule has 0 aliphatic carbocycles. The normalized spacial score (nSPS) is 22.9. The summed E-state index contributed by atoms with van der Waals surface area (Å²) < 4.78 is 0. The standard InChI is InChI=1S/C17H30N4/c1-17(2,13-21(3)4)12-18-10-15-11-19-20-16(15)14-8-6-5-7-9-14/h5-9,15-16,18-20H,10-13H2,1-4H3. The summed E-state index contributed by atoms with van der Waals surface area (Å²) >= 11 is 0. The average Bonchev–Trinajstić information content (AvgIpc) is 2.86. The molecule has 2 unspecified atom stereocenters. The van der Waals surface area contributed by atoms with Gasteiger partial charge in [-0.05, 0) is 25.1 Å². The monoisotopic (exact) mass is 290 g/mol. The third kappa shape index (κ3) is 5.08. The van der Waals surface area contributed by atoms with Crippen molar-refractivity contribution in [2.45, 2.75) is 19.9 Å². The second-order valence-corrected chi connectivity index (χ2v) is 7.21. The molecule has 118 valence electrons. The summed E-state index contributed by atoms with van der Waals surface area (Å²) in [5.41, 5.74) is 8.37. The van der Waals surface area contributed by atoms with Crippen LogP contribution in [0.3, 0.4) is 0 Å². The van der Waals surface area contributed by atoms with E-state index < -0.39 is 0 Å². The fraction of sp³-hybridized carbons (Fsp3) is 0.647. The van der Waals surface area contributed by atoms with E-state index in [4.69, 9.17) is 0 Å². The summed E-state index contributed by atoms with van der Waals surface area (Å²) in [5.74, 6) is 0.586. The molecule has 1 saturated heterocycles. The van der Waals surface area contributed by atoms with Gasteiger partial charge < -0.3 is 10.2 Å². The topological polar surface area (TPSA) is 39.3 Å². The van der Waals surface area contributed by atoms with Gasteiger partial charge in [-0.3, -0.25) is 5.43 Å². The molecule has 2 rings (SSSR count). The number of benzene rings is 1. The highest BCUT2D eigenvalue weighted by molar-refractivity contribution is 5.20. The number of hydrazine groups is 1. The molecule has 21 heavy (non-hydrogen) atoms. The maximum Gasteiger partial charge on any atom is 0.0515 e. The van der Waals surface area contributed by atoms with E-state index in [2.05, 4.69) is 79.3 Å². The van der Waals surface area contributed by atoms with Crippen molar-refractivity contribution >= 4 is 0 Å². The number of hydrogen-bond donors (Lipinski definition) is 3. The Hall–Kier alpha value is -0.940. The van der Waals surface area contributed by atoms with Gasteiger partial charge in [0.2, 0.25) is 0 Å². The molecule has 0 saturated carbocycles. The Bertz CT molecular complexity index is 416. The zero-order chi connectivity index (χ0) is 15.3. The van der Waals surface area contributed by atoms with Crippen LogP contribution in [0.15, 0.2) is 30.3 Å². The van der Waals surface area contributed by atoms with Crippen molar-refractivity contribution in [3.8, 4) is 0 Å². The van der Waals surface area contributed by atoms with Crippen molar-refractivity contribution < 1.29 is 0 Å². The molecule has 4 heteroatoms. The molecule has 0 radical (unpaired) electrons. The van der Waals surface area contributed by atoms with Crippen LogP contribution in [-0.2, 0) is 0 Å². The van der Waals surface area contributed by atoms with Crippen LogP contribution in [0.4, 0.5) is 0 Å². The summed E-state index contributed by atoms with van der Waals surface area (Å²) in [5, 5.41) is 3.67. The smallest absolute Gasteiger partial charge is 0.0515 e. The van der Waals surface area contributed by atoms with Crippen LogP contribution in [0.1, 0.15) is 25.5 Å². The number of rotatable bonds is 7. The Morgan fingerprint density at radius 3 is 2.62 bits per heavy atom. The molecule has 1 aromatic rings. The molecule has 0 spiro atoms. The van der Waals surface area contributed by atoms with E-state index >= 15 is 0 Å². The Balaban J connectivity index is 1.83. The van der Waals surface area contributed by atoms with E-state index in [0.29, 0.717) is 17.4 Å². The maximum atomic E-state index is 3.67. The first-order valence-corrected chi connectivity index (χ1v) is 7.87. The lowest BCUT2D eigenvalue weighted by Crippen LogP contribution is -2.40. The predicted octanol–water partition coefficient (Wildman–Crippen LogP) is 1.63. The van der Waals surface area contributed by atoms with E-state index in [1.165, 1.54) is 5.56 Å². The van der Waals surface area contributed by atoms with Crippen LogP contribution in [0.5, 0.6) is 0 Å². The highest BCUT2D eigenvalue weighted by Gasteiger charge is 2.28. The average molecular weight is 290 g/mol. The van der Waals surface area contributed by atoms with E-state index in [0.717, 1.165) is 26.2 Å². The van der Waals surface area contributed by atoms with Crippen molar-refractivity contribution in [2.24, 2.45) is 11.3 Å². The molecule has 1 heterocycles. The molecule has 1 fully saturated rings. The van der Waals surface area contributed by atoms with E-state index in [9.17, 15) is 0 Å². The molecule has 1 aromatic carbocycles. The molecule has 0 aromatic heterocycles. The summed E-state index contributed by atoms with van der Waals surface area (Å²) in [6.07, 6.45) is 0. The highest BCUT2D eigenvalue weighted by atomic mass is 15.4. The van der Waals surface area contributed by atoms with Crippen LogP contribution in [0.2, 0.25) is 0 Å². The molecule has 0 amide bonds. The number of nitrogens with one attached hydrogen (secondary N) is 3. The second-order valence-electron chi connectivity index (χ2n) is 7.21. The summed E-state index contributed by atoms with van der Waals surface area (Å²) in [4.78, 5) is 2.26. The molecule has 2 atom stereocenters.